The van der Waals surface area contributed by atoms with Crippen LogP contribution in [0, 0.1) is 13.8 Å². The van der Waals surface area contributed by atoms with Gasteiger partial charge in [-0.3, -0.25) is 0 Å². The molecule has 0 aliphatic carbocycles. The number of aromatic nitrogens is 2. The molecule has 2 heterocycles. The van der Waals surface area contributed by atoms with Crippen molar-refractivity contribution in [3.05, 3.63) is 65.6 Å². The molecule has 0 saturated heterocycles. The molecule has 3 rings (SSSR count). The second-order valence-corrected chi connectivity index (χ2v) is 5.66. The minimum Gasteiger partial charge on any atom is -0.481 e. The molecule has 0 radical (unpaired) electrons. The molecule has 0 N–H and O–H groups in total. The predicted octanol–water partition coefficient (Wildman–Crippen LogP) is 3.83. The van der Waals surface area contributed by atoms with Gasteiger partial charge in [0.25, 0.3) is 0 Å². The summed E-state index contributed by atoms with van der Waals surface area (Å²) in [5.41, 5.74) is 4.91. The third-order valence-electron chi connectivity index (χ3n) is 4.16. The summed E-state index contributed by atoms with van der Waals surface area (Å²) >= 11 is 0. The van der Waals surface area contributed by atoms with E-state index in [1.54, 1.807) is 0 Å². The summed E-state index contributed by atoms with van der Waals surface area (Å²) in [5, 5.41) is 0. The molecule has 1 aromatic carbocycles. The molecule has 0 atom stereocenters. The number of benzene rings is 1. The molecule has 22 heavy (non-hydrogen) atoms. The molecule has 3 heteroatoms. The Kier molecular flexibility index (Phi) is 4.14. The van der Waals surface area contributed by atoms with Crippen molar-refractivity contribution in [2.24, 2.45) is 0 Å². The van der Waals surface area contributed by atoms with Crippen LogP contribution >= 0.6 is 0 Å². The van der Waals surface area contributed by atoms with E-state index in [0.29, 0.717) is 6.61 Å². The maximum Gasteiger partial charge on any atom is 0.329 e. The van der Waals surface area contributed by atoms with E-state index in [0.717, 1.165) is 24.4 Å². The molecule has 3 aromatic rings. The van der Waals surface area contributed by atoms with E-state index in [-0.39, 0.29) is 0 Å². The molecule has 0 fully saturated rings. The van der Waals surface area contributed by atoms with Gasteiger partial charge in [0.05, 0.1) is 12.7 Å². The highest BCUT2D eigenvalue weighted by Gasteiger charge is 2.22. The van der Waals surface area contributed by atoms with Gasteiger partial charge in [0.15, 0.2) is 0 Å². The summed E-state index contributed by atoms with van der Waals surface area (Å²) in [6.07, 6.45) is 3.22. The van der Waals surface area contributed by atoms with Crippen LogP contribution in [0.1, 0.15) is 30.3 Å². The zero-order valence-corrected chi connectivity index (χ0v) is 13.5. The number of aryl methyl sites for hydroxylation is 2. The van der Waals surface area contributed by atoms with E-state index in [2.05, 4.69) is 60.2 Å². The number of ether oxygens (including phenoxy) is 1. The first-order valence-electron chi connectivity index (χ1n) is 7.89. The van der Waals surface area contributed by atoms with E-state index in [1.165, 1.54) is 17.0 Å². The molecule has 0 amide bonds. The van der Waals surface area contributed by atoms with E-state index in [1.807, 2.05) is 18.2 Å². The largest absolute Gasteiger partial charge is 0.481 e. The second kappa shape index (κ2) is 6.22. The van der Waals surface area contributed by atoms with Crippen molar-refractivity contribution in [2.45, 2.75) is 40.3 Å². The van der Waals surface area contributed by atoms with Gasteiger partial charge in [0, 0.05) is 13.8 Å². The zero-order chi connectivity index (χ0) is 15.5. The highest BCUT2D eigenvalue weighted by molar-refractivity contribution is 5.50. The average molecular weight is 295 g/mol. The Bertz CT molecular complexity index is 775. The maximum absolute atomic E-state index is 6.12. The van der Waals surface area contributed by atoms with Crippen LogP contribution in [0.25, 0.3) is 5.65 Å². The van der Waals surface area contributed by atoms with Gasteiger partial charge in [-0.15, -0.1) is 0 Å². The molecule has 114 valence electrons. The van der Waals surface area contributed by atoms with Crippen LogP contribution in [0.2, 0.25) is 0 Å². The van der Waals surface area contributed by atoms with Gasteiger partial charge in [0.2, 0.25) is 5.75 Å². The van der Waals surface area contributed by atoms with E-state index in [9.17, 15) is 0 Å². The SMILES string of the molecule is CCCn1c(C)c(C)[n+]2cccc(OCc3ccccc3)c12. The van der Waals surface area contributed by atoms with Crippen molar-refractivity contribution in [1.29, 1.82) is 0 Å². The maximum atomic E-state index is 6.12. The van der Waals surface area contributed by atoms with Gasteiger partial charge >= 0.3 is 5.65 Å². The third kappa shape index (κ3) is 2.59. The predicted molar refractivity (Wildman–Crippen MR) is 88.1 cm³/mol. The van der Waals surface area contributed by atoms with E-state index >= 15 is 0 Å². The van der Waals surface area contributed by atoms with E-state index in [4.69, 9.17) is 4.74 Å². The zero-order valence-electron chi connectivity index (χ0n) is 13.5. The number of pyridine rings is 1. The van der Waals surface area contributed by atoms with Gasteiger partial charge in [-0.1, -0.05) is 37.3 Å². The lowest BCUT2D eigenvalue weighted by atomic mass is 10.2. The van der Waals surface area contributed by atoms with Crippen molar-refractivity contribution < 1.29 is 9.14 Å². The Hall–Kier alpha value is -2.29. The number of hydrogen-bond donors (Lipinski definition) is 0. The highest BCUT2D eigenvalue weighted by Crippen LogP contribution is 2.22. The summed E-state index contributed by atoms with van der Waals surface area (Å²) in [6.45, 7) is 8.15. The van der Waals surface area contributed by atoms with Crippen molar-refractivity contribution >= 4 is 5.65 Å². The minimum atomic E-state index is 0.593. The minimum absolute atomic E-state index is 0.593. The lowest BCUT2D eigenvalue weighted by Gasteiger charge is -2.06. The van der Waals surface area contributed by atoms with Crippen LogP contribution in [-0.2, 0) is 13.2 Å². The molecular formula is C19H23N2O+. The average Bonchev–Trinajstić information content (AvgIpc) is 2.80. The van der Waals surface area contributed by atoms with Gasteiger partial charge in [0.1, 0.15) is 18.0 Å². The van der Waals surface area contributed by atoms with Gasteiger partial charge < -0.3 is 4.74 Å². The molecule has 3 nitrogen and oxygen atoms in total. The first-order valence-corrected chi connectivity index (χ1v) is 7.89. The number of nitrogens with zero attached hydrogens (tertiary/aromatic N) is 2. The Morgan fingerprint density at radius 2 is 1.82 bits per heavy atom. The second-order valence-electron chi connectivity index (χ2n) is 5.66. The Labute approximate surface area is 131 Å². The Balaban J connectivity index is 2.00. The lowest BCUT2D eigenvalue weighted by molar-refractivity contribution is -0.519. The fourth-order valence-corrected chi connectivity index (χ4v) is 2.89. The van der Waals surface area contributed by atoms with Gasteiger partial charge in [-0.25, -0.2) is 4.57 Å². The number of hydrogen-bond acceptors (Lipinski definition) is 1. The third-order valence-corrected chi connectivity index (χ3v) is 4.16. The summed E-state index contributed by atoms with van der Waals surface area (Å²) in [6, 6.07) is 14.4. The van der Waals surface area contributed by atoms with Crippen molar-refractivity contribution in [3.8, 4) is 5.75 Å². The molecule has 0 bridgehead atoms. The number of imidazole rings is 1. The van der Waals surface area contributed by atoms with Gasteiger partial charge in [-0.2, -0.15) is 4.40 Å². The van der Waals surface area contributed by atoms with Crippen LogP contribution in [0.5, 0.6) is 5.75 Å². The first kappa shape index (κ1) is 14.6. The Morgan fingerprint density at radius 1 is 1.05 bits per heavy atom. The van der Waals surface area contributed by atoms with Crippen molar-refractivity contribution in [2.75, 3.05) is 0 Å². The van der Waals surface area contributed by atoms with Crippen molar-refractivity contribution in [1.82, 2.24) is 4.57 Å². The van der Waals surface area contributed by atoms with Crippen molar-refractivity contribution in [3.63, 3.8) is 0 Å². The van der Waals surface area contributed by atoms with Crippen LogP contribution in [0.3, 0.4) is 0 Å². The molecule has 0 aliphatic heterocycles. The van der Waals surface area contributed by atoms with Gasteiger partial charge in [-0.05, 0) is 24.1 Å². The van der Waals surface area contributed by atoms with Crippen LogP contribution in [-0.4, -0.2) is 4.57 Å². The van der Waals surface area contributed by atoms with Crippen LogP contribution in [0.15, 0.2) is 48.7 Å². The summed E-state index contributed by atoms with van der Waals surface area (Å²) < 4.78 is 10.7. The summed E-state index contributed by atoms with van der Waals surface area (Å²) in [7, 11) is 0. The molecule has 0 unspecified atom stereocenters. The first-order chi connectivity index (χ1) is 10.7. The lowest BCUT2D eigenvalue weighted by Crippen LogP contribution is -2.23. The summed E-state index contributed by atoms with van der Waals surface area (Å²) in [4.78, 5) is 0. The Morgan fingerprint density at radius 3 is 2.55 bits per heavy atom. The van der Waals surface area contributed by atoms with Crippen LogP contribution < -0.4 is 9.14 Å². The molecule has 0 aliphatic rings. The number of rotatable bonds is 5. The highest BCUT2D eigenvalue weighted by atomic mass is 16.5. The summed E-state index contributed by atoms with van der Waals surface area (Å²) in [5.74, 6) is 0.941. The smallest absolute Gasteiger partial charge is 0.329 e. The number of fused-ring (bicyclic) bond motifs is 1. The topological polar surface area (TPSA) is 18.3 Å². The molecule has 0 saturated carbocycles. The molecular weight excluding hydrogens is 272 g/mol. The molecule has 2 aromatic heterocycles. The standard InChI is InChI=1S/C19H23N2O/c1-4-12-20-15(2)16(3)21-13-8-11-18(19(20)21)22-14-17-9-6-5-7-10-17/h5-11,13H,4,12,14H2,1-3H3/q+1. The fraction of sp³-hybridized carbons (Fsp3) is 0.316. The normalized spacial score (nSPS) is 11.0. The quantitative estimate of drug-likeness (QED) is 0.654. The molecule has 0 spiro atoms. The fourth-order valence-electron chi connectivity index (χ4n) is 2.89. The monoisotopic (exact) mass is 295 g/mol. The van der Waals surface area contributed by atoms with E-state index < -0.39 is 0 Å². The van der Waals surface area contributed by atoms with Crippen LogP contribution in [0.4, 0.5) is 0 Å².